The zero-order chi connectivity index (χ0) is 16.5. The molecule has 0 N–H and O–H groups in total. The molecule has 25 heavy (non-hydrogen) atoms. The Morgan fingerprint density at radius 2 is 1.40 bits per heavy atom. The first-order valence-electron chi connectivity index (χ1n) is 9.06. The van der Waals surface area contributed by atoms with Crippen LogP contribution in [0.25, 0.3) is 33.0 Å². The van der Waals surface area contributed by atoms with Gasteiger partial charge in [-0.05, 0) is 80.6 Å². The van der Waals surface area contributed by atoms with E-state index in [-0.39, 0.29) is 0 Å². The summed E-state index contributed by atoms with van der Waals surface area (Å²) < 4.78 is 0. The predicted molar refractivity (Wildman–Crippen MR) is 105 cm³/mol. The van der Waals surface area contributed by atoms with Crippen LogP contribution < -0.4 is 0 Å². The highest BCUT2D eigenvalue weighted by atomic mass is 14.3. The molecule has 0 heteroatoms. The molecule has 0 saturated heterocycles. The molecule has 0 atom stereocenters. The van der Waals surface area contributed by atoms with Gasteiger partial charge in [0.05, 0.1) is 0 Å². The minimum absolute atomic E-state index is 1.06. The summed E-state index contributed by atoms with van der Waals surface area (Å²) in [6.07, 6.45) is 2.14. The summed E-state index contributed by atoms with van der Waals surface area (Å²) in [5.41, 5.74) is 13.2. The highest BCUT2D eigenvalue weighted by molar-refractivity contribution is 6.04. The number of hydrogen-bond donors (Lipinski definition) is 0. The monoisotopic (exact) mass is 318 g/mol. The fourth-order valence-corrected chi connectivity index (χ4v) is 5.00. The molecule has 2 aliphatic carbocycles. The Morgan fingerprint density at radius 1 is 0.600 bits per heavy atom. The second-order valence-electron chi connectivity index (χ2n) is 7.41. The normalized spacial score (nSPS) is 13.5. The third-order valence-corrected chi connectivity index (χ3v) is 6.04. The van der Waals surface area contributed by atoms with Crippen LogP contribution >= 0.6 is 0 Å². The molecule has 0 saturated carbocycles. The summed E-state index contributed by atoms with van der Waals surface area (Å²) in [6.45, 7) is 2.24. The molecule has 4 aromatic rings. The highest BCUT2D eigenvalue weighted by Crippen LogP contribution is 2.49. The molecular weight excluding hydrogens is 300 g/mol. The summed E-state index contributed by atoms with van der Waals surface area (Å²) in [6, 6.07) is 24.9. The van der Waals surface area contributed by atoms with E-state index in [9.17, 15) is 0 Å². The maximum Gasteiger partial charge on any atom is -0.000685 e. The minimum Gasteiger partial charge on any atom is -0.0619 e. The summed E-state index contributed by atoms with van der Waals surface area (Å²) in [5, 5.41) is 2.79. The van der Waals surface area contributed by atoms with Crippen molar-refractivity contribution in [2.45, 2.75) is 19.8 Å². The number of hydrogen-bond acceptors (Lipinski definition) is 0. The van der Waals surface area contributed by atoms with E-state index in [2.05, 4.69) is 73.7 Å². The molecular formula is C25H18. The lowest BCUT2D eigenvalue weighted by atomic mass is 9.93. The lowest BCUT2D eigenvalue weighted by molar-refractivity contribution is 1.23. The molecule has 0 radical (unpaired) electrons. The van der Waals surface area contributed by atoms with Crippen molar-refractivity contribution in [3.63, 3.8) is 0 Å². The van der Waals surface area contributed by atoms with Gasteiger partial charge in [0.1, 0.15) is 0 Å². The van der Waals surface area contributed by atoms with E-state index in [1.165, 1.54) is 60.8 Å². The summed E-state index contributed by atoms with van der Waals surface area (Å²) in [4.78, 5) is 0. The number of aryl methyl sites for hydroxylation is 1. The van der Waals surface area contributed by atoms with Crippen LogP contribution in [0.2, 0.25) is 0 Å². The number of rotatable bonds is 0. The fourth-order valence-electron chi connectivity index (χ4n) is 5.00. The second kappa shape index (κ2) is 4.61. The largest absolute Gasteiger partial charge is 0.0619 e. The van der Waals surface area contributed by atoms with Crippen molar-refractivity contribution >= 4 is 10.8 Å². The average molecular weight is 318 g/mol. The molecule has 6 rings (SSSR count). The van der Waals surface area contributed by atoms with Gasteiger partial charge in [0.2, 0.25) is 0 Å². The Morgan fingerprint density at radius 3 is 2.32 bits per heavy atom. The zero-order valence-electron chi connectivity index (χ0n) is 14.3. The van der Waals surface area contributed by atoms with Crippen molar-refractivity contribution in [2.75, 3.05) is 0 Å². The highest BCUT2D eigenvalue weighted by Gasteiger charge is 2.29. The van der Waals surface area contributed by atoms with Gasteiger partial charge in [-0.1, -0.05) is 66.7 Å². The number of benzene rings is 4. The van der Waals surface area contributed by atoms with Crippen LogP contribution in [-0.2, 0) is 12.8 Å². The molecule has 118 valence electrons. The van der Waals surface area contributed by atoms with E-state index in [1.54, 1.807) is 0 Å². The molecule has 2 aliphatic rings. The van der Waals surface area contributed by atoms with Crippen LogP contribution in [0.15, 0.2) is 66.7 Å². The molecule has 0 amide bonds. The molecule has 0 aliphatic heterocycles. The molecule has 0 unspecified atom stereocenters. The minimum atomic E-state index is 1.06. The number of fused-ring (bicyclic) bond motifs is 9. The van der Waals surface area contributed by atoms with Crippen LogP contribution in [0.5, 0.6) is 0 Å². The van der Waals surface area contributed by atoms with E-state index < -0.39 is 0 Å². The van der Waals surface area contributed by atoms with Crippen LogP contribution in [0.4, 0.5) is 0 Å². The van der Waals surface area contributed by atoms with Crippen LogP contribution in [0, 0.1) is 6.92 Å². The lowest BCUT2D eigenvalue weighted by Crippen LogP contribution is -1.88. The Bertz CT molecular complexity index is 1190. The molecule has 0 heterocycles. The molecule has 0 aromatic heterocycles. The predicted octanol–water partition coefficient (Wildman–Crippen LogP) is 6.29. The van der Waals surface area contributed by atoms with Crippen molar-refractivity contribution in [2.24, 2.45) is 0 Å². The Hall–Kier alpha value is -2.86. The quantitative estimate of drug-likeness (QED) is 0.309. The van der Waals surface area contributed by atoms with Crippen LogP contribution in [0.1, 0.15) is 27.8 Å². The Balaban J connectivity index is 1.71. The van der Waals surface area contributed by atoms with E-state index in [1.807, 2.05) is 0 Å². The average Bonchev–Trinajstić information content (AvgIpc) is 3.19. The smallest absolute Gasteiger partial charge is 0.000685 e. The maximum atomic E-state index is 2.41. The van der Waals surface area contributed by atoms with Gasteiger partial charge in [0.15, 0.2) is 0 Å². The van der Waals surface area contributed by atoms with Crippen molar-refractivity contribution in [1.29, 1.82) is 0 Å². The van der Waals surface area contributed by atoms with E-state index in [0.717, 1.165) is 12.8 Å². The van der Waals surface area contributed by atoms with E-state index in [4.69, 9.17) is 0 Å². The Kier molecular flexibility index (Phi) is 2.48. The first-order valence-corrected chi connectivity index (χ1v) is 9.06. The van der Waals surface area contributed by atoms with Crippen LogP contribution in [-0.4, -0.2) is 0 Å². The van der Waals surface area contributed by atoms with Gasteiger partial charge >= 0.3 is 0 Å². The van der Waals surface area contributed by atoms with Crippen molar-refractivity contribution in [3.05, 3.63) is 94.5 Å². The Labute approximate surface area is 147 Å². The van der Waals surface area contributed by atoms with E-state index in [0.29, 0.717) is 0 Å². The van der Waals surface area contributed by atoms with Gasteiger partial charge in [-0.25, -0.2) is 0 Å². The van der Waals surface area contributed by atoms with Gasteiger partial charge in [-0.2, -0.15) is 0 Å². The zero-order valence-corrected chi connectivity index (χ0v) is 14.3. The van der Waals surface area contributed by atoms with Crippen molar-refractivity contribution in [1.82, 2.24) is 0 Å². The molecule has 0 nitrogen and oxygen atoms in total. The van der Waals surface area contributed by atoms with Gasteiger partial charge in [-0.15, -0.1) is 0 Å². The first kappa shape index (κ1) is 13.4. The van der Waals surface area contributed by atoms with Gasteiger partial charge in [0.25, 0.3) is 0 Å². The molecule has 0 bridgehead atoms. The fraction of sp³-hybridized carbons (Fsp3) is 0.120. The van der Waals surface area contributed by atoms with E-state index >= 15 is 0 Å². The molecule has 0 spiro atoms. The van der Waals surface area contributed by atoms with Crippen LogP contribution in [0.3, 0.4) is 0 Å². The lowest BCUT2D eigenvalue weighted by Gasteiger charge is -2.11. The molecule has 0 fully saturated rings. The second-order valence-corrected chi connectivity index (χ2v) is 7.41. The first-order chi connectivity index (χ1) is 12.3. The SMILES string of the molecule is Cc1cc2c(c3ccccc13)-c1ccc3c(c1C2)-c1ccccc1C3. The summed E-state index contributed by atoms with van der Waals surface area (Å²) >= 11 is 0. The van der Waals surface area contributed by atoms with Crippen molar-refractivity contribution in [3.8, 4) is 22.3 Å². The van der Waals surface area contributed by atoms with Gasteiger partial charge in [0, 0.05) is 0 Å². The molecule has 4 aromatic carbocycles. The van der Waals surface area contributed by atoms with Crippen molar-refractivity contribution < 1.29 is 0 Å². The summed E-state index contributed by atoms with van der Waals surface area (Å²) in [5.74, 6) is 0. The standard InChI is InChI=1S/C25H18/c1-15-12-18-14-23-22(25(18)21-9-5-4-7-19(15)21)11-10-17-13-16-6-2-3-8-20(16)24(17)23/h2-12H,13-14H2,1H3. The third-order valence-electron chi connectivity index (χ3n) is 6.04. The topological polar surface area (TPSA) is 0 Å². The van der Waals surface area contributed by atoms with Gasteiger partial charge < -0.3 is 0 Å². The summed E-state index contributed by atoms with van der Waals surface area (Å²) in [7, 11) is 0. The maximum absolute atomic E-state index is 2.41. The third kappa shape index (κ3) is 1.67. The van der Waals surface area contributed by atoms with Gasteiger partial charge in [-0.3, -0.25) is 0 Å².